The lowest BCUT2D eigenvalue weighted by Gasteiger charge is -2.17. The van der Waals surface area contributed by atoms with Gasteiger partial charge < -0.3 is 15.2 Å². The van der Waals surface area contributed by atoms with Crippen molar-refractivity contribution in [3.8, 4) is 5.75 Å². The van der Waals surface area contributed by atoms with Gasteiger partial charge >= 0.3 is 5.97 Å². The van der Waals surface area contributed by atoms with Crippen LogP contribution < -0.4 is 10.1 Å². The minimum absolute atomic E-state index is 0.213. The third-order valence-corrected chi connectivity index (χ3v) is 3.44. The molecule has 2 rings (SSSR count). The second kappa shape index (κ2) is 6.95. The molecule has 0 spiro atoms. The lowest BCUT2D eigenvalue weighted by molar-refractivity contribution is -0.137. The van der Waals surface area contributed by atoms with E-state index in [-0.39, 0.29) is 12.3 Å². The van der Waals surface area contributed by atoms with E-state index in [0.29, 0.717) is 17.0 Å². The summed E-state index contributed by atoms with van der Waals surface area (Å²) in [5, 5.41) is 16.0. The molecule has 23 heavy (non-hydrogen) atoms. The summed E-state index contributed by atoms with van der Waals surface area (Å²) in [5.74, 6) is -0.695. The number of benzene rings is 1. The van der Waals surface area contributed by atoms with Gasteiger partial charge in [-0.05, 0) is 30.7 Å². The number of hydrogen-bond acceptors (Lipinski definition) is 4. The zero-order valence-electron chi connectivity index (χ0n) is 13.2. The van der Waals surface area contributed by atoms with E-state index in [1.165, 1.54) is 4.68 Å². The van der Waals surface area contributed by atoms with Crippen molar-refractivity contribution >= 4 is 11.9 Å². The van der Waals surface area contributed by atoms with Gasteiger partial charge in [0.15, 0.2) is 0 Å². The zero-order valence-corrected chi connectivity index (χ0v) is 13.2. The summed E-state index contributed by atoms with van der Waals surface area (Å²) in [5.41, 5.74) is 1.80. The van der Waals surface area contributed by atoms with E-state index < -0.39 is 12.0 Å². The van der Waals surface area contributed by atoms with Crippen molar-refractivity contribution < 1.29 is 19.4 Å². The Hall–Kier alpha value is -2.83. The molecule has 1 aromatic heterocycles. The second-order valence-corrected chi connectivity index (χ2v) is 5.19. The molecule has 2 aromatic rings. The molecular formula is C16H19N3O4. The summed E-state index contributed by atoms with van der Waals surface area (Å²) >= 11 is 0. The van der Waals surface area contributed by atoms with Crippen LogP contribution in [0.15, 0.2) is 30.3 Å². The predicted molar refractivity (Wildman–Crippen MR) is 83.4 cm³/mol. The van der Waals surface area contributed by atoms with Crippen LogP contribution in [-0.4, -0.2) is 33.9 Å². The number of methoxy groups -OCH3 is 1. The largest absolute Gasteiger partial charge is 0.497 e. The molecule has 122 valence electrons. The number of nitrogens with zero attached hydrogens (tertiary/aromatic N) is 2. The Balaban J connectivity index is 2.22. The minimum atomic E-state index is -0.993. The third kappa shape index (κ3) is 4.09. The predicted octanol–water partition coefficient (Wildman–Crippen LogP) is 1.68. The molecule has 1 atom stereocenters. The number of ether oxygens (including phenoxy) is 1. The van der Waals surface area contributed by atoms with Gasteiger partial charge in [-0.1, -0.05) is 12.1 Å². The molecule has 0 aliphatic rings. The van der Waals surface area contributed by atoms with E-state index >= 15 is 0 Å². The highest BCUT2D eigenvalue weighted by atomic mass is 16.5. The molecule has 0 fully saturated rings. The van der Waals surface area contributed by atoms with Gasteiger partial charge in [-0.15, -0.1) is 0 Å². The van der Waals surface area contributed by atoms with Gasteiger partial charge in [0.25, 0.3) is 5.91 Å². The first-order valence-electron chi connectivity index (χ1n) is 7.08. The molecule has 0 unspecified atom stereocenters. The summed E-state index contributed by atoms with van der Waals surface area (Å²) in [7, 11) is 3.22. The number of aromatic nitrogens is 2. The third-order valence-electron chi connectivity index (χ3n) is 3.44. The van der Waals surface area contributed by atoms with Crippen molar-refractivity contribution in [3.63, 3.8) is 0 Å². The Morgan fingerprint density at radius 2 is 2.00 bits per heavy atom. The Morgan fingerprint density at radius 3 is 2.48 bits per heavy atom. The van der Waals surface area contributed by atoms with Crippen LogP contribution in [0, 0.1) is 6.92 Å². The highest BCUT2D eigenvalue weighted by Crippen LogP contribution is 2.21. The summed E-state index contributed by atoms with van der Waals surface area (Å²) in [6.45, 7) is 1.79. The van der Waals surface area contributed by atoms with Crippen molar-refractivity contribution in [2.24, 2.45) is 7.05 Å². The summed E-state index contributed by atoms with van der Waals surface area (Å²) in [4.78, 5) is 23.5. The molecular weight excluding hydrogens is 298 g/mol. The lowest BCUT2D eigenvalue weighted by atomic mass is 10.0. The maximum absolute atomic E-state index is 12.4. The number of carboxylic acid groups (broad SMARTS) is 1. The van der Waals surface area contributed by atoms with Gasteiger partial charge in [-0.3, -0.25) is 14.3 Å². The maximum Gasteiger partial charge on any atom is 0.305 e. The molecule has 0 saturated carbocycles. The number of carbonyl (C=O) groups is 2. The fourth-order valence-electron chi connectivity index (χ4n) is 2.32. The number of aryl methyl sites for hydroxylation is 2. The maximum atomic E-state index is 12.4. The van der Waals surface area contributed by atoms with E-state index in [2.05, 4.69) is 10.4 Å². The van der Waals surface area contributed by atoms with Gasteiger partial charge in [0, 0.05) is 7.05 Å². The van der Waals surface area contributed by atoms with Crippen molar-refractivity contribution in [2.45, 2.75) is 19.4 Å². The number of carbonyl (C=O) groups excluding carboxylic acids is 1. The average molecular weight is 317 g/mol. The number of nitrogens with one attached hydrogen (secondary N) is 1. The minimum Gasteiger partial charge on any atom is -0.497 e. The lowest BCUT2D eigenvalue weighted by Crippen LogP contribution is -2.31. The van der Waals surface area contributed by atoms with Gasteiger partial charge in [-0.2, -0.15) is 5.10 Å². The smallest absolute Gasteiger partial charge is 0.305 e. The quantitative estimate of drug-likeness (QED) is 0.845. The fourth-order valence-corrected chi connectivity index (χ4v) is 2.32. The Labute approximate surface area is 133 Å². The molecule has 0 aliphatic heterocycles. The number of aliphatic carboxylic acids is 1. The SMILES string of the molecule is COc1ccc([C@@H](CC(=O)O)NC(=O)c2cc(C)nn2C)cc1. The molecule has 0 saturated heterocycles. The molecule has 2 N–H and O–H groups in total. The molecule has 1 amide bonds. The summed E-state index contributed by atoms with van der Waals surface area (Å²) in [6.07, 6.45) is -0.213. The van der Waals surface area contributed by atoms with Crippen LogP contribution in [0.5, 0.6) is 5.75 Å². The van der Waals surface area contributed by atoms with Crippen LogP contribution in [0.4, 0.5) is 0 Å². The van der Waals surface area contributed by atoms with Gasteiger partial charge in [0.1, 0.15) is 11.4 Å². The van der Waals surface area contributed by atoms with Crippen molar-refractivity contribution in [1.82, 2.24) is 15.1 Å². The monoisotopic (exact) mass is 317 g/mol. The average Bonchev–Trinajstić information content (AvgIpc) is 2.85. The Morgan fingerprint density at radius 1 is 1.35 bits per heavy atom. The van der Waals surface area contributed by atoms with Crippen molar-refractivity contribution in [1.29, 1.82) is 0 Å². The first kappa shape index (κ1) is 16.5. The fraction of sp³-hybridized carbons (Fsp3) is 0.312. The van der Waals surface area contributed by atoms with Gasteiger partial charge in [0.05, 0.1) is 25.3 Å². The van der Waals surface area contributed by atoms with E-state index in [4.69, 9.17) is 9.84 Å². The number of amides is 1. The molecule has 7 heteroatoms. The summed E-state index contributed by atoms with van der Waals surface area (Å²) in [6, 6.07) is 7.94. The molecule has 1 heterocycles. The van der Waals surface area contributed by atoms with E-state index in [1.54, 1.807) is 51.4 Å². The van der Waals surface area contributed by atoms with Crippen LogP contribution in [0.2, 0.25) is 0 Å². The molecule has 1 aromatic carbocycles. The first-order valence-corrected chi connectivity index (χ1v) is 7.08. The van der Waals surface area contributed by atoms with E-state index in [1.807, 2.05) is 0 Å². The highest BCUT2D eigenvalue weighted by molar-refractivity contribution is 5.93. The van der Waals surface area contributed by atoms with Crippen molar-refractivity contribution in [2.75, 3.05) is 7.11 Å². The normalized spacial score (nSPS) is 11.8. The topological polar surface area (TPSA) is 93.4 Å². The summed E-state index contributed by atoms with van der Waals surface area (Å²) < 4.78 is 6.55. The zero-order chi connectivity index (χ0) is 17.0. The molecule has 0 aliphatic carbocycles. The van der Waals surface area contributed by atoms with Crippen LogP contribution >= 0.6 is 0 Å². The Bertz CT molecular complexity index is 707. The standard InChI is InChI=1S/C16H19N3O4/c1-10-8-14(19(2)18-10)16(22)17-13(9-15(20)21)11-4-6-12(23-3)7-5-11/h4-8,13H,9H2,1-3H3,(H,17,22)(H,20,21)/t13-/m1/s1. The Kier molecular flexibility index (Phi) is 5.00. The second-order valence-electron chi connectivity index (χ2n) is 5.19. The number of rotatable bonds is 6. The van der Waals surface area contributed by atoms with Gasteiger partial charge in [0.2, 0.25) is 0 Å². The van der Waals surface area contributed by atoms with Gasteiger partial charge in [-0.25, -0.2) is 0 Å². The van der Waals surface area contributed by atoms with Crippen LogP contribution in [0.25, 0.3) is 0 Å². The number of carboxylic acids is 1. The van der Waals surface area contributed by atoms with Crippen LogP contribution in [0.1, 0.15) is 34.2 Å². The molecule has 0 radical (unpaired) electrons. The highest BCUT2D eigenvalue weighted by Gasteiger charge is 2.21. The van der Waals surface area contributed by atoms with Crippen LogP contribution in [0.3, 0.4) is 0 Å². The number of hydrogen-bond donors (Lipinski definition) is 2. The first-order chi connectivity index (χ1) is 10.9. The molecule has 7 nitrogen and oxygen atoms in total. The molecule has 0 bridgehead atoms. The van der Waals surface area contributed by atoms with E-state index in [9.17, 15) is 9.59 Å². The van der Waals surface area contributed by atoms with Crippen molar-refractivity contribution in [3.05, 3.63) is 47.3 Å². The van der Waals surface area contributed by atoms with Crippen LogP contribution in [-0.2, 0) is 11.8 Å². The van der Waals surface area contributed by atoms with E-state index in [0.717, 1.165) is 5.69 Å².